The van der Waals surface area contributed by atoms with E-state index in [1.165, 1.54) is 0 Å². The summed E-state index contributed by atoms with van der Waals surface area (Å²) in [5, 5.41) is 5.80. The number of aromatic nitrogens is 2. The van der Waals surface area contributed by atoms with Crippen molar-refractivity contribution in [3.05, 3.63) is 108 Å². The number of carbonyl (C=O) groups excluding carboxylic acids is 2. The van der Waals surface area contributed by atoms with Crippen molar-refractivity contribution in [3.63, 3.8) is 0 Å². The molecule has 2 heterocycles. The minimum absolute atomic E-state index is 0.177. The molecule has 0 saturated carbocycles. The molecule has 2 aromatic heterocycles. The maximum Gasteiger partial charge on any atom is 0.255 e. The predicted molar refractivity (Wildman–Crippen MR) is 126 cm³/mol. The quantitative estimate of drug-likeness (QED) is 0.459. The van der Waals surface area contributed by atoms with Gasteiger partial charge in [0.2, 0.25) is 0 Å². The van der Waals surface area contributed by atoms with Gasteiger partial charge >= 0.3 is 0 Å². The molecule has 6 heteroatoms. The van der Waals surface area contributed by atoms with E-state index in [1.54, 1.807) is 61.2 Å². The molecule has 0 saturated heterocycles. The molecule has 32 heavy (non-hydrogen) atoms. The first-order valence-corrected chi connectivity index (χ1v) is 10.2. The summed E-state index contributed by atoms with van der Waals surface area (Å²) in [5.74, 6) is -0.353. The summed E-state index contributed by atoms with van der Waals surface area (Å²) in [6.07, 6.45) is 6.71. The molecule has 4 aromatic rings. The molecule has 0 bridgehead atoms. The van der Waals surface area contributed by atoms with Crippen molar-refractivity contribution >= 4 is 23.2 Å². The standard InChI is InChI=1S/C26H22N4O2/c1-17-15-27-13-11-23(17)29-25(31)21-7-3-19(4-8-21)20-5-9-22(10-6-20)26(32)30-24-12-14-28-16-18(24)2/h3-16H,1-2H3,(H,27,29,31)(H,28,30,32). The van der Waals surface area contributed by atoms with Crippen LogP contribution in [0.25, 0.3) is 11.1 Å². The summed E-state index contributed by atoms with van der Waals surface area (Å²) in [4.78, 5) is 33.1. The Labute approximate surface area is 186 Å². The number of hydrogen-bond donors (Lipinski definition) is 2. The smallest absolute Gasteiger partial charge is 0.255 e. The van der Waals surface area contributed by atoms with Gasteiger partial charge in [-0.15, -0.1) is 0 Å². The van der Waals surface area contributed by atoms with Gasteiger partial charge in [-0.2, -0.15) is 0 Å². The maximum atomic E-state index is 12.5. The van der Waals surface area contributed by atoms with Crippen molar-refractivity contribution in [2.24, 2.45) is 0 Å². The first kappa shape index (κ1) is 20.9. The summed E-state index contributed by atoms with van der Waals surface area (Å²) in [6, 6.07) is 18.3. The lowest BCUT2D eigenvalue weighted by atomic mass is 10.0. The number of anilines is 2. The van der Waals surface area contributed by atoms with Gasteiger partial charge in [-0.25, -0.2) is 0 Å². The average molecular weight is 422 g/mol. The van der Waals surface area contributed by atoms with Gasteiger partial charge in [-0.05, 0) is 72.5 Å². The van der Waals surface area contributed by atoms with Crippen LogP contribution in [0.1, 0.15) is 31.8 Å². The van der Waals surface area contributed by atoms with Crippen molar-refractivity contribution < 1.29 is 9.59 Å². The largest absolute Gasteiger partial charge is 0.322 e. The molecule has 2 amide bonds. The van der Waals surface area contributed by atoms with E-state index in [0.717, 1.165) is 33.6 Å². The number of pyridine rings is 2. The number of amides is 2. The SMILES string of the molecule is Cc1cnccc1NC(=O)c1ccc(-c2ccc(C(=O)Nc3ccncc3C)cc2)cc1. The summed E-state index contributed by atoms with van der Waals surface area (Å²) >= 11 is 0. The second-order valence-corrected chi connectivity index (χ2v) is 7.44. The van der Waals surface area contributed by atoms with Crippen LogP contribution in [-0.2, 0) is 0 Å². The molecule has 4 rings (SSSR count). The van der Waals surface area contributed by atoms with Gasteiger partial charge in [0.05, 0.1) is 0 Å². The Morgan fingerprint density at radius 2 is 0.969 bits per heavy atom. The molecule has 0 atom stereocenters. The third kappa shape index (κ3) is 4.70. The number of nitrogens with one attached hydrogen (secondary N) is 2. The molecule has 2 N–H and O–H groups in total. The zero-order valence-electron chi connectivity index (χ0n) is 17.8. The fourth-order valence-corrected chi connectivity index (χ4v) is 3.24. The highest BCUT2D eigenvalue weighted by molar-refractivity contribution is 6.05. The predicted octanol–water partition coefficient (Wildman–Crippen LogP) is 5.27. The molecule has 0 aliphatic rings. The van der Waals surface area contributed by atoms with Crippen molar-refractivity contribution in [2.45, 2.75) is 13.8 Å². The molecule has 0 aliphatic heterocycles. The van der Waals surface area contributed by atoms with Crippen LogP contribution >= 0.6 is 0 Å². The Morgan fingerprint density at radius 3 is 1.31 bits per heavy atom. The minimum atomic E-state index is -0.177. The third-order valence-corrected chi connectivity index (χ3v) is 5.16. The second-order valence-electron chi connectivity index (χ2n) is 7.44. The Morgan fingerprint density at radius 1 is 0.594 bits per heavy atom. The van der Waals surface area contributed by atoms with E-state index in [1.807, 2.05) is 38.1 Å². The summed E-state index contributed by atoms with van der Waals surface area (Å²) in [6.45, 7) is 3.79. The van der Waals surface area contributed by atoms with Crippen LogP contribution in [0.15, 0.2) is 85.5 Å². The van der Waals surface area contributed by atoms with E-state index in [4.69, 9.17) is 0 Å². The Balaban J connectivity index is 1.44. The molecular formula is C26H22N4O2. The van der Waals surface area contributed by atoms with Gasteiger partial charge in [0, 0.05) is 47.3 Å². The highest BCUT2D eigenvalue weighted by atomic mass is 16.2. The van der Waals surface area contributed by atoms with Crippen LogP contribution in [0, 0.1) is 13.8 Å². The Hall–Kier alpha value is -4.32. The Bertz CT molecular complexity index is 1160. The first-order valence-electron chi connectivity index (χ1n) is 10.2. The fraction of sp³-hybridized carbons (Fsp3) is 0.0769. The van der Waals surface area contributed by atoms with Crippen LogP contribution in [-0.4, -0.2) is 21.8 Å². The van der Waals surface area contributed by atoms with Crippen molar-refractivity contribution in [2.75, 3.05) is 10.6 Å². The Kier molecular flexibility index (Phi) is 6.03. The normalized spacial score (nSPS) is 10.4. The van der Waals surface area contributed by atoms with E-state index in [-0.39, 0.29) is 11.8 Å². The van der Waals surface area contributed by atoms with Crippen LogP contribution in [0.5, 0.6) is 0 Å². The zero-order chi connectivity index (χ0) is 22.5. The monoisotopic (exact) mass is 422 g/mol. The fourth-order valence-electron chi connectivity index (χ4n) is 3.24. The molecule has 0 radical (unpaired) electrons. The summed E-state index contributed by atoms with van der Waals surface area (Å²) in [7, 11) is 0. The molecule has 2 aromatic carbocycles. The van der Waals surface area contributed by atoms with E-state index >= 15 is 0 Å². The van der Waals surface area contributed by atoms with E-state index in [0.29, 0.717) is 11.1 Å². The van der Waals surface area contributed by atoms with Crippen molar-refractivity contribution in [1.82, 2.24) is 9.97 Å². The van der Waals surface area contributed by atoms with Crippen LogP contribution in [0.4, 0.5) is 11.4 Å². The van der Waals surface area contributed by atoms with Crippen molar-refractivity contribution in [1.29, 1.82) is 0 Å². The topological polar surface area (TPSA) is 84.0 Å². The molecule has 0 fully saturated rings. The summed E-state index contributed by atoms with van der Waals surface area (Å²) < 4.78 is 0. The number of rotatable bonds is 5. The second kappa shape index (κ2) is 9.22. The number of hydrogen-bond acceptors (Lipinski definition) is 4. The number of aryl methyl sites for hydroxylation is 2. The number of carbonyl (C=O) groups is 2. The minimum Gasteiger partial charge on any atom is -0.322 e. The molecule has 0 unspecified atom stereocenters. The van der Waals surface area contributed by atoms with Gasteiger partial charge in [0.25, 0.3) is 11.8 Å². The molecule has 158 valence electrons. The first-order chi connectivity index (χ1) is 15.5. The third-order valence-electron chi connectivity index (χ3n) is 5.16. The lowest BCUT2D eigenvalue weighted by Crippen LogP contribution is -2.13. The number of benzene rings is 2. The maximum absolute atomic E-state index is 12.5. The van der Waals surface area contributed by atoms with Crippen LogP contribution < -0.4 is 10.6 Å². The molecule has 0 aliphatic carbocycles. The van der Waals surface area contributed by atoms with Gasteiger partial charge < -0.3 is 10.6 Å². The van der Waals surface area contributed by atoms with E-state index in [2.05, 4.69) is 20.6 Å². The lowest BCUT2D eigenvalue weighted by molar-refractivity contribution is 0.101. The van der Waals surface area contributed by atoms with Gasteiger partial charge in [0.1, 0.15) is 0 Å². The van der Waals surface area contributed by atoms with E-state index < -0.39 is 0 Å². The van der Waals surface area contributed by atoms with Crippen molar-refractivity contribution in [3.8, 4) is 11.1 Å². The lowest BCUT2D eigenvalue weighted by Gasteiger charge is -2.09. The molecular weight excluding hydrogens is 400 g/mol. The van der Waals surface area contributed by atoms with Gasteiger partial charge in [-0.1, -0.05) is 24.3 Å². The molecule has 6 nitrogen and oxygen atoms in total. The van der Waals surface area contributed by atoms with Crippen LogP contribution in [0.3, 0.4) is 0 Å². The van der Waals surface area contributed by atoms with Gasteiger partial charge in [-0.3, -0.25) is 19.6 Å². The van der Waals surface area contributed by atoms with Gasteiger partial charge in [0.15, 0.2) is 0 Å². The highest BCUT2D eigenvalue weighted by Gasteiger charge is 2.10. The number of nitrogens with zero attached hydrogens (tertiary/aromatic N) is 2. The molecule has 0 spiro atoms. The average Bonchev–Trinajstić information content (AvgIpc) is 2.82. The summed E-state index contributed by atoms with van der Waals surface area (Å²) in [5.41, 5.74) is 6.33. The zero-order valence-corrected chi connectivity index (χ0v) is 17.8. The van der Waals surface area contributed by atoms with Crippen LogP contribution in [0.2, 0.25) is 0 Å². The van der Waals surface area contributed by atoms with E-state index in [9.17, 15) is 9.59 Å². The highest BCUT2D eigenvalue weighted by Crippen LogP contribution is 2.22.